The lowest BCUT2D eigenvalue weighted by Crippen LogP contribution is -2.45. The Balaban J connectivity index is 2.49. The van der Waals surface area contributed by atoms with Gasteiger partial charge in [-0.05, 0) is 6.92 Å². The van der Waals surface area contributed by atoms with E-state index in [1.54, 1.807) is 18.2 Å². The van der Waals surface area contributed by atoms with Gasteiger partial charge in [-0.25, -0.2) is 0 Å². The van der Waals surface area contributed by atoms with Gasteiger partial charge in [-0.2, -0.15) is 4.21 Å². The van der Waals surface area contributed by atoms with Gasteiger partial charge < -0.3 is 0 Å². The predicted octanol–water partition coefficient (Wildman–Crippen LogP) is 1.37. The molecule has 2 atom stereocenters. The first-order valence-electron chi connectivity index (χ1n) is 4.91. The second-order valence-corrected chi connectivity index (χ2v) is 4.61. The van der Waals surface area contributed by atoms with E-state index in [-0.39, 0.29) is 17.8 Å². The highest BCUT2D eigenvalue weighted by Crippen LogP contribution is 2.31. The second-order valence-electron chi connectivity index (χ2n) is 4.01. The van der Waals surface area contributed by atoms with Crippen molar-refractivity contribution in [2.75, 3.05) is 0 Å². The summed E-state index contributed by atoms with van der Waals surface area (Å²) in [6.07, 6.45) is -0.227. The van der Waals surface area contributed by atoms with Crippen molar-refractivity contribution in [1.29, 1.82) is 0 Å². The van der Waals surface area contributed by atoms with Gasteiger partial charge in [0.25, 0.3) is 0 Å². The van der Waals surface area contributed by atoms with E-state index < -0.39 is 22.7 Å². The fourth-order valence-electron chi connectivity index (χ4n) is 1.92. The molecule has 2 rings (SSSR count). The van der Waals surface area contributed by atoms with Crippen molar-refractivity contribution in [2.45, 2.75) is 18.9 Å². The van der Waals surface area contributed by atoms with Gasteiger partial charge in [0.2, 0.25) is 0 Å². The standard InChI is InChI=1S/C11H10O5S/c1-11(16-17(14)15)6-9(12)7-4-2-3-5-8(7)10(11)13/h2-5H,6H2,1H3,(H,14,15). The van der Waals surface area contributed by atoms with Crippen LogP contribution in [0.15, 0.2) is 24.3 Å². The highest BCUT2D eigenvalue weighted by molar-refractivity contribution is 7.74. The quantitative estimate of drug-likeness (QED) is 0.806. The van der Waals surface area contributed by atoms with Crippen molar-refractivity contribution in [3.63, 3.8) is 0 Å². The highest BCUT2D eigenvalue weighted by Gasteiger charge is 2.44. The van der Waals surface area contributed by atoms with Crippen LogP contribution in [0.25, 0.3) is 0 Å². The Morgan fingerprint density at radius 2 is 1.88 bits per heavy atom. The summed E-state index contributed by atoms with van der Waals surface area (Å²) in [5.74, 6) is -0.719. The van der Waals surface area contributed by atoms with Crippen LogP contribution in [0.5, 0.6) is 0 Å². The van der Waals surface area contributed by atoms with Crippen molar-refractivity contribution >= 4 is 22.9 Å². The Bertz CT molecular complexity index is 524. The largest absolute Gasteiger partial charge is 0.302 e. The molecule has 0 aromatic heterocycles. The SMILES string of the molecule is CC1(OS(=O)O)CC(=O)c2ccccc2C1=O. The van der Waals surface area contributed by atoms with Crippen molar-refractivity contribution in [1.82, 2.24) is 0 Å². The molecule has 90 valence electrons. The molecule has 1 aromatic rings. The van der Waals surface area contributed by atoms with Crippen LogP contribution in [0.2, 0.25) is 0 Å². The van der Waals surface area contributed by atoms with E-state index in [0.717, 1.165) is 0 Å². The number of hydrogen-bond donors (Lipinski definition) is 1. The predicted molar refractivity (Wildman–Crippen MR) is 60.0 cm³/mol. The number of carbonyl (C=O) groups is 2. The number of carbonyl (C=O) groups excluding carboxylic acids is 2. The molecule has 0 saturated heterocycles. The summed E-state index contributed by atoms with van der Waals surface area (Å²) < 4.78 is 24.0. The maximum absolute atomic E-state index is 12.1. The van der Waals surface area contributed by atoms with E-state index in [1.807, 2.05) is 0 Å². The molecular weight excluding hydrogens is 244 g/mol. The number of rotatable bonds is 2. The molecule has 0 amide bonds. The molecule has 0 spiro atoms. The van der Waals surface area contributed by atoms with Crippen LogP contribution in [0.1, 0.15) is 34.1 Å². The Kier molecular flexibility index (Phi) is 2.94. The van der Waals surface area contributed by atoms with Crippen molar-refractivity contribution in [2.24, 2.45) is 0 Å². The van der Waals surface area contributed by atoms with Crippen LogP contribution in [0.3, 0.4) is 0 Å². The van der Waals surface area contributed by atoms with Crippen LogP contribution in [-0.2, 0) is 15.5 Å². The number of ketones is 2. The Morgan fingerprint density at radius 3 is 2.47 bits per heavy atom. The van der Waals surface area contributed by atoms with E-state index >= 15 is 0 Å². The van der Waals surface area contributed by atoms with E-state index in [0.29, 0.717) is 5.56 Å². The van der Waals surface area contributed by atoms with E-state index in [1.165, 1.54) is 13.0 Å². The molecule has 1 aliphatic rings. The lowest BCUT2D eigenvalue weighted by molar-refractivity contribution is 0.0448. The second kappa shape index (κ2) is 4.14. The van der Waals surface area contributed by atoms with Crippen LogP contribution in [-0.4, -0.2) is 25.9 Å². The van der Waals surface area contributed by atoms with Crippen molar-refractivity contribution < 1.29 is 22.5 Å². The molecule has 1 N–H and O–H groups in total. The minimum atomic E-state index is -2.59. The molecule has 1 aromatic carbocycles. The summed E-state index contributed by atoms with van der Waals surface area (Å²) in [5, 5.41) is 0. The van der Waals surface area contributed by atoms with Crippen LogP contribution in [0.4, 0.5) is 0 Å². The third-order valence-corrected chi connectivity index (χ3v) is 3.22. The third-order valence-electron chi connectivity index (χ3n) is 2.71. The molecule has 2 unspecified atom stereocenters. The summed E-state index contributed by atoms with van der Waals surface area (Å²) >= 11 is -2.59. The Hall–Kier alpha value is -1.37. The maximum Gasteiger partial charge on any atom is 0.302 e. The first kappa shape index (κ1) is 12.1. The van der Waals surface area contributed by atoms with Crippen molar-refractivity contribution in [3.05, 3.63) is 35.4 Å². The summed E-state index contributed by atoms with van der Waals surface area (Å²) in [6.45, 7) is 1.34. The number of benzene rings is 1. The molecule has 17 heavy (non-hydrogen) atoms. The Morgan fingerprint density at radius 1 is 1.29 bits per heavy atom. The van der Waals surface area contributed by atoms with Crippen LogP contribution >= 0.6 is 0 Å². The van der Waals surface area contributed by atoms with E-state index in [4.69, 9.17) is 4.55 Å². The number of fused-ring (bicyclic) bond motifs is 1. The lowest BCUT2D eigenvalue weighted by atomic mass is 9.80. The highest BCUT2D eigenvalue weighted by atomic mass is 32.2. The summed E-state index contributed by atoms with van der Waals surface area (Å²) in [7, 11) is 0. The maximum atomic E-state index is 12.1. The van der Waals surface area contributed by atoms with Gasteiger partial charge in [-0.3, -0.25) is 18.3 Å². The molecule has 5 nitrogen and oxygen atoms in total. The van der Waals surface area contributed by atoms with Gasteiger partial charge in [0, 0.05) is 17.5 Å². The van der Waals surface area contributed by atoms with Gasteiger partial charge in [0.1, 0.15) is 0 Å². The van der Waals surface area contributed by atoms with Gasteiger partial charge in [-0.1, -0.05) is 24.3 Å². The molecule has 0 bridgehead atoms. The minimum absolute atomic E-state index is 0.227. The number of Topliss-reactive ketones (excluding diaryl/α,β-unsaturated/α-hetero) is 2. The molecule has 0 saturated carbocycles. The average Bonchev–Trinajstić information content (AvgIpc) is 2.25. The van der Waals surface area contributed by atoms with Gasteiger partial charge in [0.05, 0.1) is 0 Å². The smallest absolute Gasteiger partial charge is 0.294 e. The van der Waals surface area contributed by atoms with E-state index in [9.17, 15) is 13.8 Å². The zero-order valence-electron chi connectivity index (χ0n) is 9.00. The molecule has 0 radical (unpaired) electrons. The van der Waals surface area contributed by atoms with Gasteiger partial charge in [-0.15, -0.1) is 0 Å². The molecule has 0 aliphatic heterocycles. The fraction of sp³-hybridized carbons (Fsp3) is 0.273. The fourth-order valence-corrected chi connectivity index (χ4v) is 2.36. The first-order chi connectivity index (χ1) is 7.94. The minimum Gasteiger partial charge on any atom is -0.294 e. The molecule has 6 heteroatoms. The molecule has 0 fully saturated rings. The molecule has 0 heterocycles. The first-order valence-corrected chi connectivity index (χ1v) is 5.94. The monoisotopic (exact) mass is 254 g/mol. The zero-order valence-corrected chi connectivity index (χ0v) is 9.82. The van der Waals surface area contributed by atoms with Crippen molar-refractivity contribution in [3.8, 4) is 0 Å². The third kappa shape index (κ3) is 2.06. The lowest BCUT2D eigenvalue weighted by Gasteiger charge is -2.30. The van der Waals surface area contributed by atoms with Crippen LogP contribution in [0, 0.1) is 0 Å². The van der Waals surface area contributed by atoms with E-state index in [2.05, 4.69) is 4.18 Å². The average molecular weight is 254 g/mol. The number of hydrogen-bond acceptors (Lipinski definition) is 4. The summed E-state index contributed by atoms with van der Waals surface area (Å²) in [4.78, 5) is 23.9. The molecular formula is C11H10O5S. The summed E-state index contributed by atoms with van der Waals surface area (Å²) in [5.41, 5.74) is -0.996. The molecule has 1 aliphatic carbocycles. The van der Waals surface area contributed by atoms with Gasteiger partial charge >= 0.3 is 11.4 Å². The summed E-state index contributed by atoms with van der Waals surface area (Å²) in [6, 6.07) is 6.37. The van der Waals surface area contributed by atoms with Gasteiger partial charge in [0.15, 0.2) is 17.2 Å². The normalized spacial score (nSPS) is 25.5. The Labute approximate surface area is 100 Å². The van der Waals surface area contributed by atoms with Crippen LogP contribution < -0.4 is 0 Å². The topological polar surface area (TPSA) is 80.7 Å². The zero-order chi connectivity index (χ0) is 12.6.